The van der Waals surface area contributed by atoms with Gasteiger partial charge < -0.3 is 10.1 Å². The van der Waals surface area contributed by atoms with Crippen LogP contribution in [0.15, 0.2) is 47.4 Å². The summed E-state index contributed by atoms with van der Waals surface area (Å²) < 4.78 is 44.9. The van der Waals surface area contributed by atoms with Gasteiger partial charge in [-0.3, -0.25) is 14.4 Å². The highest BCUT2D eigenvalue weighted by molar-refractivity contribution is 7.89. The summed E-state index contributed by atoms with van der Waals surface area (Å²) in [6.45, 7) is 0.238. The maximum absolute atomic E-state index is 12.9. The molecule has 0 radical (unpaired) electrons. The van der Waals surface area contributed by atoms with E-state index in [-0.39, 0.29) is 39.8 Å². The molecule has 1 aliphatic rings. The van der Waals surface area contributed by atoms with E-state index < -0.39 is 34.3 Å². The number of piperidine rings is 1. The van der Waals surface area contributed by atoms with Gasteiger partial charge in [-0.05, 0) is 55.3 Å². The lowest BCUT2D eigenvalue weighted by Crippen LogP contribution is -2.35. The molecule has 0 saturated carbocycles. The Kier molecular flexibility index (Phi) is 8.76. The Bertz CT molecular complexity index is 1160. The summed E-state index contributed by atoms with van der Waals surface area (Å²) in [5, 5.41) is 2.57. The number of benzene rings is 2. The molecule has 0 aromatic heterocycles. The minimum absolute atomic E-state index is 0.00500. The van der Waals surface area contributed by atoms with E-state index >= 15 is 0 Å². The van der Waals surface area contributed by atoms with Crippen LogP contribution in [0.5, 0.6) is 0 Å². The molecule has 0 bridgehead atoms. The first-order chi connectivity index (χ1) is 16.2. The van der Waals surface area contributed by atoms with Gasteiger partial charge in [0.1, 0.15) is 5.82 Å². The standard InChI is InChI=1S/C23H24ClFN2O6S/c24-19-9-8-18(34(31,32)27-12-2-1-3-13-27)14-20(19)26-22(29)15-33-23(30)11-10-21(28)16-4-6-17(25)7-5-16/h4-9,14H,1-3,10-13,15H2,(H,26,29). The quantitative estimate of drug-likeness (QED) is 0.406. The normalized spacial score (nSPS) is 14.4. The van der Waals surface area contributed by atoms with E-state index in [4.69, 9.17) is 16.3 Å². The van der Waals surface area contributed by atoms with Crippen molar-refractivity contribution < 1.29 is 31.9 Å². The molecule has 1 fully saturated rings. The Morgan fingerprint density at radius 2 is 1.68 bits per heavy atom. The fourth-order valence-electron chi connectivity index (χ4n) is 3.42. The SMILES string of the molecule is O=C(COC(=O)CCC(=O)c1ccc(F)cc1)Nc1cc(S(=O)(=O)N2CCCCC2)ccc1Cl. The van der Waals surface area contributed by atoms with Crippen LogP contribution in [-0.4, -0.2) is 50.1 Å². The number of amides is 1. The van der Waals surface area contributed by atoms with Gasteiger partial charge in [0.05, 0.1) is 22.0 Å². The molecule has 0 spiro atoms. The molecule has 11 heteroatoms. The monoisotopic (exact) mass is 510 g/mol. The molecular formula is C23H24ClFN2O6S. The lowest BCUT2D eigenvalue weighted by molar-refractivity contribution is -0.147. The first-order valence-electron chi connectivity index (χ1n) is 10.7. The van der Waals surface area contributed by atoms with Crippen LogP contribution in [0, 0.1) is 5.82 Å². The van der Waals surface area contributed by atoms with Gasteiger partial charge in [-0.1, -0.05) is 18.0 Å². The largest absolute Gasteiger partial charge is 0.456 e. The highest BCUT2D eigenvalue weighted by Gasteiger charge is 2.26. The van der Waals surface area contributed by atoms with Gasteiger partial charge in [0, 0.05) is 25.1 Å². The van der Waals surface area contributed by atoms with Gasteiger partial charge >= 0.3 is 5.97 Å². The molecule has 3 rings (SSSR count). The van der Waals surface area contributed by atoms with Crippen molar-refractivity contribution in [1.29, 1.82) is 0 Å². The Hall–Kier alpha value is -2.82. The first kappa shape index (κ1) is 25.8. The number of nitrogens with zero attached hydrogens (tertiary/aromatic N) is 1. The zero-order valence-electron chi connectivity index (χ0n) is 18.3. The summed E-state index contributed by atoms with van der Waals surface area (Å²) in [5.41, 5.74) is 0.341. The highest BCUT2D eigenvalue weighted by Crippen LogP contribution is 2.28. The number of Topliss-reactive ketones (excluding diaryl/α,β-unsaturated/α-hetero) is 1. The number of rotatable bonds is 9. The van der Waals surface area contributed by atoms with Gasteiger partial charge in [0.25, 0.3) is 5.91 Å². The fourth-order valence-corrected chi connectivity index (χ4v) is 5.12. The summed E-state index contributed by atoms with van der Waals surface area (Å²) in [7, 11) is -3.72. The van der Waals surface area contributed by atoms with Crippen LogP contribution in [-0.2, 0) is 24.3 Å². The lowest BCUT2D eigenvalue weighted by Gasteiger charge is -2.26. The van der Waals surface area contributed by atoms with E-state index in [9.17, 15) is 27.2 Å². The van der Waals surface area contributed by atoms with Crippen molar-refractivity contribution in [3.8, 4) is 0 Å². The van der Waals surface area contributed by atoms with Crippen molar-refractivity contribution in [3.05, 3.63) is 58.9 Å². The van der Waals surface area contributed by atoms with Crippen LogP contribution in [0.4, 0.5) is 10.1 Å². The number of carbonyl (C=O) groups excluding carboxylic acids is 3. The number of halogens is 2. The summed E-state index contributed by atoms with van der Waals surface area (Å²) in [5.74, 6) is -2.32. The van der Waals surface area contributed by atoms with Crippen LogP contribution < -0.4 is 5.32 Å². The topological polar surface area (TPSA) is 110 Å². The third kappa shape index (κ3) is 6.85. The summed E-state index contributed by atoms with van der Waals surface area (Å²) >= 11 is 6.10. The Balaban J connectivity index is 1.52. The van der Waals surface area contributed by atoms with Crippen LogP contribution in [0.25, 0.3) is 0 Å². The second kappa shape index (κ2) is 11.5. The minimum atomic E-state index is -3.72. The zero-order chi connectivity index (χ0) is 24.7. The molecule has 2 aromatic rings. The van der Waals surface area contributed by atoms with Crippen LogP contribution in [0.1, 0.15) is 42.5 Å². The molecular weight excluding hydrogens is 487 g/mol. The predicted octanol–water partition coefficient (Wildman–Crippen LogP) is 3.80. The molecule has 34 heavy (non-hydrogen) atoms. The Morgan fingerprint density at radius 3 is 2.35 bits per heavy atom. The van der Waals surface area contributed by atoms with E-state index in [0.717, 1.165) is 31.4 Å². The van der Waals surface area contributed by atoms with E-state index in [1.807, 2.05) is 0 Å². The third-order valence-corrected chi connectivity index (χ3v) is 7.48. The van der Waals surface area contributed by atoms with Gasteiger partial charge in [0.15, 0.2) is 12.4 Å². The van der Waals surface area contributed by atoms with Crippen LogP contribution in [0.2, 0.25) is 5.02 Å². The molecule has 1 aliphatic heterocycles. The van der Waals surface area contributed by atoms with Gasteiger partial charge in [0.2, 0.25) is 10.0 Å². The molecule has 182 valence electrons. The Morgan fingerprint density at radius 1 is 1.00 bits per heavy atom. The van der Waals surface area contributed by atoms with Crippen molar-refractivity contribution in [2.45, 2.75) is 37.0 Å². The average Bonchev–Trinajstić information content (AvgIpc) is 2.83. The smallest absolute Gasteiger partial charge is 0.306 e. The fraction of sp³-hybridized carbons (Fsp3) is 0.348. The predicted molar refractivity (Wildman–Crippen MR) is 124 cm³/mol. The number of esters is 1. The minimum Gasteiger partial charge on any atom is -0.456 e. The van der Waals surface area contributed by atoms with E-state index in [1.54, 1.807) is 0 Å². The molecule has 0 aliphatic carbocycles. The van der Waals surface area contributed by atoms with Gasteiger partial charge in [-0.15, -0.1) is 0 Å². The lowest BCUT2D eigenvalue weighted by atomic mass is 10.1. The number of ketones is 1. The van der Waals surface area contributed by atoms with E-state index in [2.05, 4.69) is 5.32 Å². The second-order valence-electron chi connectivity index (χ2n) is 7.75. The number of anilines is 1. The van der Waals surface area contributed by atoms with Crippen molar-refractivity contribution >= 4 is 45.0 Å². The number of hydrogen-bond acceptors (Lipinski definition) is 6. The van der Waals surface area contributed by atoms with Crippen molar-refractivity contribution in [3.63, 3.8) is 0 Å². The van der Waals surface area contributed by atoms with E-state index in [1.165, 1.54) is 34.6 Å². The van der Waals surface area contributed by atoms with Crippen LogP contribution in [0.3, 0.4) is 0 Å². The summed E-state index contributed by atoms with van der Waals surface area (Å²) in [6.07, 6.45) is 2.14. The molecule has 8 nitrogen and oxygen atoms in total. The first-order valence-corrected chi connectivity index (χ1v) is 12.5. The maximum atomic E-state index is 12.9. The maximum Gasteiger partial charge on any atom is 0.306 e. The highest BCUT2D eigenvalue weighted by atomic mass is 35.5. The number of ether oxygens (including phenoxy) is 1. The van der Waals surface area contributed by atoms with Crippen molar-refractivity contribution in [2.24, 2.45) is 0 Å². The molecule has 1 saturated heterocycles. The van der Waals surface area contributed by atoms with Gasteiger partial charge in [-0.2, -0.15) is 4.31 Å². The summed E-state index contributed by atoms with van der Waals surface area (Å²) in [6, 6.07) is 8.95. The Labute approximate surface area is 202 Å². The average molecular weight is 511 g/mol. The number of nitrogens with one attached hydrogen (secondary N) is 1. The number of hydrogen-bond donors (Lipinski definition) is 1. The number of carbonyl (C=O) groups is 3. The van der Waals surface area contributed by atoms with Crippen LogP contribution >= 0.6 is 11.6 Å². The van der Waals surface area contributed by atoms with Crippen molar-refractivity contribution in [1.82, 2.24) is 4.31 Å². The second-order valence-corrected chi connectivity index (χ2v) is 10.1. The molecule has 1 amide bonds. The molecule has 2 aromatic carbocycles. The van der Waals surface area contributed by atoms with Gasteiger partial charge in [-0.25, -0.2) is 12.8 Å². The number of sulfonamides is 1. The molecule has 1 heterocycles. The molecule has 0 atom stereocenters. The third-order valence-electron chi connectivity index (χ3n) is 5.25. The van der Waals surface area contributed by atoms with Crippen molar-refractivity contribution in [2.75, 3.05) is 25.0 Å². The van der Waals surface area contributed by atoms with E-state index in [0.29, 0.717) is 13.1 Å². The molecule has 1 N–H and O–H groups in total. The molecule has 0 unspecified atom stereocenters. The zero-order valence-corrected chi connectivity index (χ0v) is 19.8. The summed E-state index contributed by atoms with van der Waals surface area (Å²) in [4.78, 5) is 36.1.